The molecule has 13 heavy (non-hydrogen) atoms. The topological polar surface area (TPSA) is 37.3 Å². The Labute approximate surface area is 77.5 Å². The lowest BCUT2D eigenvalue weighted by Gasteiger charge is -1.95. The van der Waals surface area contributed by atoms with Crippen molar-refractivity contribution in [2.45, 2.75) is 13.3 Å². The molecule has 0 saturated carbocycles. The molecule has 0 aliphatic carbocycles. The van der Waals surface area contributed by atoms with Crippen LogP contribution in [0, 0.1) is 0 Å². The predicted molar refractivity (Wildman–Crippen MR) is 52.4 cm³/mol. The molecule has 0 aromatic heterocycles. The molecule has 1 rings (SSSR count). The molecule has 0 spiro atoms. The summed E-state index contributed by atoms with van der Waals surface area (Å²) in [5.74, 6) is 0.255. The van der Waals surface area contributed by atoms with Crippen LogP contribution in [0.3, 0.4) is 0 Å². The van der Waals surface area contributed by atoms with E-state index in [0.29, 0.717) is 12.0 Å². The van der Waals surface area contributed by atoms with Crippen LogP contribution in [-0.2, 0) is 4.79 Å². The van der Waals surface area contributed by atoms with Crippen LogP contribution < -0.4 is 0 Å². The first-order valence-electron chi connectivity index (χ1n) is 4.23. The molecular weight excluding hydrogens is 164 g/mol. The van der Waals surface area contributed by atoms with E-state index in [4.69, 9.17) is 0 Å². The van der Waals surface area contributed by atoms with Gasteiger partial charge >= 0.3 is 0 Å². The summed E-state index contributed by atoms with van der Waals surface area (Å²) in [7, 11) is 0. The molecule has 0 unspecified atom stereocenters. The van der Waals surface area contributed by atoms with Gasteiger partial charge in [-0.3, -0.25) is 4.79 Å². The summed E-state index contributed by atoms with van der Waals surface area (Å²) >= 11 is 0. The zero-order valence-corrected chi connectivity index (χ0v) is 7.53. The normalized spacial score (nSPS) is 10.5. The third-order valence-corrected chi connectivity index (χ3v) is 1.73. The maximum Gasteiger partial charge on any atom is 0.155 e. The first kappa shape index (κ1) is 9.52. The zero-order valence-electron chi connectivity index (χ0n) is 7.53. The van der Waals surface area contributed by atoms with Gasteiger partial charge in [-0.1, -0.05) is 25.1 Å². The highest BCUT2D eigenvalue weighted by Crippen LogP contribution is 2.16. The van der Waals surface area contributed by atoms with Gasteiger partial charge in [0.15, 0.2) is 5.78 Å². The molecule has 0 aliphatic heterocycles. The number of hydrogen-bond acceptors (Lipinski definition) is 2. The summed E-state index contributed by atoms with van der Waals surface area (Å²) < 4.78 is 0. The van der Waals surface area contributed by atoms with Crippen LogP contribution in [0.1, 0.15) is 18.9 Å². The van der Waals surface area contributed by atoms with Gasteiger partial charge in [0.2, 0.25) is 0 Å². The van der Waals surface area contributed by atoms with Gasteiger partial charge in [-0.15, -0.1) is 0 Å². The largest absolute Gasteiger partial charge is 0.507 e. The van der Waals surface area contributed by atoms with Crippen LogP contribution in [0.25, 0.3) is 6.08 Å². The lowest BCUT2D eigenvalue weighted by molar-refractivity contribution is -0.114. The first-order valence-corrected chi connectivity index (χ1v) is 4.23. The molecule has 2 nitrogen and oxygen atoms in total. The van der Waals surface area contributed by atoms with Gasteiger partial charge in [-0.25, -0.2) is 0 Å². The molecule has 1 aromatic rings. The van der Waals surface area contributed by atoms with Crippen molar-refractivity contribution in [3.05, 3.63) is 35.9 Å². The van der Waals surface area contributed by atoms with Crippen molar-refractivity contribution in [1.29, 1.82) is 0 Å². The first-order chi connectivity index (χ1) is 6.24. The number of carbonyl (C=O) groups is 1. The van der Waals surface area contributed by atoms with E-state index in [1.165, 1.54) is 6.08 Å². The van der Waals surface area contributed by atoms with E-state index in [-0.39, 0.29) is 11.5 Å². The zero-order chi connectivity index (χ0) is 9.68. The maximum atomic E-state index is 10.9. The Morgan fingerprint density at radius 3 is 2.77 bits per heavy atom. The Morgan fingerprint density at radius 2 is 2.15 bits per heavy atom. The summed E-state index contributed by atoms with van der Waals surface area (Å²) in [5, 5.41) is 9.33. The standard InChI is InChI=1S/C11H12O2/c1-2-10(12)8-7-9-5-3-4-6-11(9)13/h3-8,13H,2H2,1H3. The quantitative estimate of drug-likeness (QED) is 0.718. The fourth-order valence-electron chi connectivity index (χ4n) is 0.929. The Balaban J connectivity index is 2.80. The number of para-hydroxylation sites is 1. The second kappa shape index (κ2) is 4.45. The van der Waals surface area contributed by atoms with Crippen LogP contribution in [0.15, 0.2) is 30.3 Å². The molecule has 0 aliphatic rings. The highest BCUT2D eigenvalue weighted by molar-refractivity contribution is 5.93. The smallest absolute Gasteiger partial charge is 0.155 e. The Kier molecular flexibility index (Phi) is 3.26. The number of allylic oxidation sites excluding steroid dienone is 1. The lowest BCUT2D eigenvalue weighted by atomic mass is 10.1. The monoisotopic (exact) mass is 176 g/mol. The van der Waals surface area contributed by atoms with Crippen molar-refractivity contribution in [2.24, 2.45) is 0 Å². The minimum absolute atomic E-state index is 0.0586. The highest BCUT2D eigenvalue weighted by atomic mass is 16.3. The van der Waals surface area contributed by atoms with Crippen molar-refractivity contribution in [1.82, 2.24) is 0 Å². The lowest BCUT2D eigenvalue weighted by Crippen LogP contribution is -1.86. The van der Waals surface area contributed by atoms with Crippen molar-refractivity contribution >= 4 is 11.9 Å². The molecule has 0 amide bonds. The van der Waals surface area contributed by atoms with Gasteiger partial charge in [-0.2, -0.15) is 0 Å². The van der Waals surface area contributed by atoms with E-state index in [1.807, 2.05) is 6.07 Å². The average Bonchev–Trinajstić information content (AvgIpc) is 2.16. The molecule has 0 atom stereocenters. The van der Waals surface area contributed by atoms with Crippen LogP contribution >= 0.6 is 0 Å². The molecule has 0 radical (unpaired) electrons. The Bertz CT molecular complexity index is 327. The molecule has 0 heterocycles. The fraction of sp³-hybridized carbons (Fsp3) is 0.182. The summed E-state index contributed by atoms with van der Waals surface area (Å²) in [6, 6.07) is 6.91. The summed E-state index contributed by atoms with van der Waals surface area (Å²) in [4.78, 5) is 10.9. The number of carbonyl (C=O) groups excluding carboxylic acids is 1. The van der Waals surface area contributed by atoms with Crippen molar-refractivity contribution in [3.63, 3.8) is 0 Å². The summed E-state index contributed by atoms with van der Waals surface area (Å²) in [6.07, 6.45) is 3.60. The van der Waals surface area contributed by atoms with Crippen LogP contribution in [0.5, 0.6) is 5.75 Å². The molecule has 1 N–H and O–H groups in total. The summed E-state index contributed by atoms with van der Waals surface area (Å²) in [6.45, 7) is 1.80. The van der Waals surface area contributed by atoms with E-state index in [9.17, 15) is 9.90 Å². The Morgan fingerprint density at radius 1 is 1.46 bits per heavy atom. The van der Waals surface area contributed by atoms with Crippen LogP contribution in [0.4, 0.5) is 0 Å². The number of rotatable bonds is 3. The molecule has 0 bridgehead atoms. The highest BCUT2D eigenvalue weighted by Gasteiger charge is 1.95. The van der Waals surface area contributed by atoms with E-state index in [0.717, 1.165) is 0 Å². The van der Waals surface area contributed by atoms with Gasteiger partial charge in [0, 0.05) is 12.0 Å². The van der Waals surface area contributed by atoms with Gasteiger partial charge < -0.3 is 5.11 Å². The van der Waals surface area contributed by atoms with Crippen LogP contribution in [-0.4, -0.2) is 10.9 Å². The maximum absolute atomic E-state index is 10.9. The molecule has 0 saturated heterocycles. The minimum atomic E-state index is 0.0586. The molecule has 68 valence electrons. The van der Waals surface area contributed by atoms with E-state index < -0.39 is 0 Å². The number of benzene rings is 1. The average molecular weight is 176 g/mol. The minimum Gasteiger partial charge on any atom is -0.507 e. The van der Waals surface area contributed by atoms with Gasteiger partial charge in [0.05, 0.1) is 0 Å². The summed E-state index contributed by atoms with van der Waals surface area (Å²) in [5.41, 5.74) is 0.671. The van der Waals surface area contributed by atoms with E-state index in [1.54, 1.807) is 31.2 Å². The van der Waals surface area contributed by atoms with E-state index in [2.05, 4.69) is 0 Å². The number of phenolic OH excluding ortho intramolecular Hbond substituents is 1. The van der Waals surface area contributed by atoms with Gasteiger partial charge in [0.25, 0.3) is 0 Å². The molecule has 2 heteroatoms. The third-order valence-electron chi connectivity index (χ3n) is 1.73. The predicted octanol–water partition coefficient (Wildman–Crippen LogP) is 2.38. The number of aromatic hydroxyl groups is 1. The second-order valence-corrected chi connectivity index (χ2v) is 2.71. The number of phenols is 1. The fourth-order valence-corrected chi connectivity index (χ4v) is 0.929. The second-order valence-electron chi connectivity index (χ2n) is 2.71. The van der Waals surface area contributed by atoms with Gasteiger partial charge in [0.1, 0.15) is 5.75 Å². The molecule has 0 fully saturated rings. The van der Waals surface area contributed by atoms with Crippen LogP contribution in [0.2, 0.25) is 0 Å². The van der Waals surface area contributed by atoms with Crippen molar-refractivity contribution in [2.75, 3.05) is 0 Å². The molecule has 1 aromatic carbocycles. The van der Waals surface area contributed by atoms with Gasteiger partial charge in [-0.05, 0) is 18.2 Å². The third kappa shape index (κ3) is 2.75. The number of ketones is 1. The molecular formula is C11H12O2. The van der Waals surface area contributed by atoms with Crippen molar-refractivity contribution < 1.29 is 9.90 Å². The van der Waals surface area contributed by atoms with Crippen molar-refractivity contribution in [3.8, 4) is 5.75 Å². The number of hydrogen-bond donors (Lipinski definition) is 1. The van der Waals surface area contributed by atoms with E-state index >= 15 is 0 Å². The Hall–Kier alpha value is -1.57. The SMILES string of the molecule is CCC(=O)C=Cc1ccccc1O.